The van der Waals surface area contributed by atoms with Crippen molar-refractivity contribution in [3.63, 3.8) is 0 Å². The van der Waals surface area contributed by atoms with Crippen LogP contribution in [0.1, 0.15) is 23.2 Å². The van der Waals surface area contributed by atoms with E-state index in [1.165, 1.54) is 29.2 Å². The monoisotopic (exact) mass is 413 g/mol. The third-order valence-electron chi connectivity index (χ3n) is 4.75. The van der Waals surface area contributed by atoms with Crippen molar-refractivity contribution in [3.8, 4) is 5.75 Å². The van der Waals surface area contributed by atoms with E-state index in [0.717, 1.165) is 19.4 Å². The topological polar surface area (TPSA) is 111 Å². The van der Waals surface area contributed by atoms with Crippen molar-refractivity contribution in [1.82, 2.24) is 5.32 Å². The van der Waals surface area contributed by atoms with Crippen molar-refractivity contribution in [3.05, 3.63) is 64.2 Å². The van der Waals surface area contributed by atoms with Crippen LogP contribution < -0.4 is 15.0 Å². The molecule has 1 unspecified atom stereocenters. The first-order chi connectivity index (χ1) is 14.4. The molecule has 2 aromatic rings. The molecule has 3 rings (SSSR count). The number of nitrogens with zero attached hydrogens (tertiary/aromatic N) is 2. The van der Waals surface area contributed by atoms with Gasteiger partial charge in [-0.05, 0) is 43.2 Å². The second-order valence-corrected chi connectivity index (χ2v) is 6.89. The van der Waals surface area contributed by atoms with Crippen LogP contribution in [0, 0.1) is 10.1 Å². The highest BCUT2D eigenvalue weighted by atomic mass is 16.6. The summed E-state index contributed by atoms with van der Waals surface area (Å²) in [7, 11) is 1.58. The molecule has 1 atom stereocenters. The molecular weight excluding hydrogens is 390 g/mol. The Kier molecular flexibility index (Phi) is 6.97. The Bertz CT molecular complexity index is 909. The maximum absolute atomic E-state index is 12.6. The molecule has 0 saturated carbocycles. The SMILES string of the molecule is CN(C(=O)c1cccc([N+](=O)[O-])c1)c1ccc(OCC(=O)NCC2CCCO2)cc1. The Morgan fingerprint density at radius 2 is 2.03 bits per heavy atom. The summed E-state index contributed by atoms with van der Waals surface area (Å²) in [5.74, 6) is -0.115. The third kappa shape index (κ3) is 5.54. The quantitative estimate of drug-likeness (QED) is 0.526. The van der Waals surface area contributed by atoms with Crippen LogP contribution in [0.4, 0.5) is 11.4 Å². The minimum Gasteiger partial charge on any atom is -0.484 e. The lowest BCUT2D eigenvalue weighted by Gasteiger charge is -2.18. The summed E-state index contributed by atoms with van der Waals surface area (Å²) in [4.78, 5) is 36.2. The standard InChI is InChI=1S/C21H23N3O6/c1-23(21(26)15-4-2-5-17(12-15)24(27)28)16-7-9-18(10-8-16)30-14-20(25)22-13-19-6-3-11-29-19/h2,4-5,7-10,12,19H,3,6,11,13-14H2,1H3,(H,22,25). The number of hydrogen-bond donors (Lipinski definition) is 1. The van der Waals surface area contributed by atoms with Gasteiger partial charge in [0.25, 0.3) is 17.5 Å². The van der Waals surface area contributed by atoms with Crippen LogP contribution in [-0.4, -0.2) is 49.6 Å². The Labute approximate surface area is 173 Å². The lowest BCUT2D eigenvalue weighted by Crippen LogP contribution is -2.35. The predicted octanol–water partition coefficient (Wildman–Crippen LogP) is 2.55. The summed E-state index contributed by atoms with van der Waals surface area (Å²) in [6.45, 7) is 1.10. The Morgan fingerprint density at radius 1 is 1.27 bits per heavy atom. The van der Waals surface area contributed by atoms with E-state index in [0.29, 0.717) is 18.0 Å². The lowest BCUT2D eigenvalue weighted by molar-refractivity contribution is -0.384. The average Bonchev–Trinajstić information content (AvgIpc) is 3.29. The molecule has 1 aliphatic heterocycles. The van der Waals surface area contributed by atoms with Gasteiger partial charge in [0.15, 0.2) is 6.61 Å². The molecule has 0 spiro atoms. The first kappa shape index (κ1) is 21.3. The van der Waals surface area contributed by atoms with E-state index in [4.69, 9.17) is 9.47 Å². The normalized spacial score (nSPS) is 15.4. The summed E-state index contributed by atoms with van der Waals surface area (Å²) in [5.41, 5.74) is 0.660. The van der Waals surface area contributed by atoms with Gasteiger partial charge in [0, 0.05) is 43.6 Å². The van der Waals surface area contributed by atoms with Crippen LogP contribution in [-0.2, 0) is 9.53 Å². The number of nitrogens with one attached hydrogen (secondary N) is 1. The van der Waals surface area contributed by atoms with Crippen molar-refractivity contribution in [2.75, 3.05) is 31.7 Å². The molecule has 1 saturated heterocycles. The van der Waals surface area contributed by atoms with E-state index in [1.807, 2.05) is 0 Å². The van der Waals surface area contributed by atoms with E-state index in [9.17, 15) is 19.7 Å². The van der Waals surface area contributed by atoms with Crippen molar-refractivity contribution in [1.29, 1.82) is 0 Å². The van der Waals surface area contributed by atoms with Gasteiger partial charge in [-0.2, -0.15) is 0 Å². The molecule has 9 nitrogen and oxygen atoms in total. The third-order valence-corrected chi connectivity index (χ3v) is 4.75. The molecule has 0 bridgehead atoms. The number of non-ortho nitro benzene ring substituents is 1. The lowest BCUT2D eigenvalue weighted by atomic mass is 10.1. The second kappa shape index (κ2) is 9.84. The summed E-state index contributed by atoms with van der Waals surface area (Å²) >= 11 is 0. The van der Waals surface area contributed by atoms with Gasteiger partial charge in [-0.3, -0.25) is 19.7 Å². The first-order valence-corrected chi connectivity index (χ1v) is 9.57. The summed E-state index contributed by atoms with van der Waals surface area (Å²) < 4.78 is 10.9. The number of amides is 2. The van der Waals surface area contributed by atoms with E-state index >= 15 is 0 Å². The molecule has 2 amide bonds. The zero-order valence-corrected chi connectivity index (χ0v) is 16.6. The predicted molar refractivity (Wildman–Crippen MR) is 110 cm³/mol. The number of nitro benzene ring substituents is 1. The van der Waals surface area contributed by atoms with Gasteiger partial charge in [-0.15, -0.1) is 0 Å². The number of carbonyl (C=O) groups is 2. The number of ether oxygens (including phenoxy) is 2. The van der Waals surface area contributed by atoms with Gasteiger partial charge in [0.2, 0.25) is 0 Å². The number of rotatable bonds is 8. The molecule has 1 aliphatic rings. The molecule has 1 N–H and O–H groups in total. The Balaban J connectivity index is 1.52. The van der Waals surface area contributed by atoms with Crippen LogP contribution in [0.15, 0.2) is 48.5 Å². The maximum atomic E-state index is 12.6. The average molecular weight is 413 g/mol. The van der Waals surface area contributed by atoms with Crippen LogP contribution >= 0.6 is 0 Å². The number of hydrogen-bond acceptors (Lipinski definition) is 6. The van der Waals surface area contributed by atoms with Gasteiger partial charge in [0.1, 0.15) is 5.75 Å². The Morgan fingerprint density at radius 3 is 2.70 bits per heavy atom. The highest BCUT2D eigenvalue weighted by Gasteiger charge is 2.18. The largest absolute Gasteiger partial charge is 0.484 e. The van der Waals surface area contributed by atoms with E-state index in [1.54, 1.807) is 31.3 Å². The van der Waals surface area contributed by atoms with Crippen molar-refractivity contribution < 1.29 is 24.0 Å². The molecular formula is C21H23N3O6. The number of nitro groups is 1. The molecule has 1 heterocycles. The Hall–Kier alpha value is -3.46. The number of anilines is 1. The molecule has 1 fully saturated rings. The van der Waals surface area contributed by atoms with Gasteiger partial charge in [-0.25, -0.2) is 0 Å². The first-order valence-electron chi connectivity index (χ1n) is 9.57. The highest BCUT2D eigenvalue weighted by Crippen LogP contribution is 2.21. The van der Waals surface area contributed by atoms with Crippen LogP contribution in [0.5, 0.6) is 5.75 Å². The van der Waals surface area contributed by atoms with Gasteiger partial charge in [0.05, 0.1) is 11.0 Å². The van der Waals surface area contributed by atoms with Gasteiger partial charge < -0.3 is 19.7 Å². The molecule has 2 aromatic carbocycles. The van der Waals surface area contributed by atoms with Crippen molar-refractivity contribution in [2.45, 2.75) is 18.9 Å². The fourth-order valence-electron chi connectivity index (χ4n) is 3.06. The van der Waals surface area contributed by atoms with E-state index < -0.39 is 4.92 Å². The van der Waals surface area contributed by atoms with Crippen molar-refractivity contribution >= 4 is 23.2 Å². The summed E-state index contributed by atoms with van der Waals surface area (Å²) in [6.07, 6.45) is 2.04. The number of benzene rings is 2. The van der Waals surface area contributed by atoms with Crippen LogP contribution in [0.25, 0.3) is 0 Å². The highest BCUT2D eigenvalue weighted by molar-refractivity contribution is 6.06. The van der Waals surface area contributed by atoms with Crippen LogP contribution in [0.3, 0.4) is 0 Å². The zero-order valence-electron chi connectivity index (χ0n) is 16.6. The molecule has 30 heavy (non-hydrogen) atoms. The molecule has 0 aliphatic carbocycles. The van der Waals surface area contributed by atoms with Gasteiger partial charge >= 0.3 is 0 Å². The van der Waals surface area contributed by atoms with Crippen LogP contribution in [0.2, 0.25) is 0 Å². The molecule has 9 heteroatoms. The van der Waals surface area contributed by atoms with E-state index in [2.05, 4.69) is 5.32 Å². The van der Waals surface area contributed by atoms with Gasteiger partial charge in [-0.1, -0.05) is 6.07 Å². The van der Waals surface area contributed by atoms with Crippen molar-refractivity contribution in [2.24, 2.45) is 0 Å². The fourth-order valence-corrected chi connectivity index (χ4v) is 3.06. The zero-order chi connectivity index (χ0) is 21.5. The smallest absolute Gasteiger partial charge is 0.270 e. The molecule has 0 radical (unpaired) electrons. The maximum Gasteiger partial charge on any atom is 0.270 e. The summed E-state index contributed by atoms with van der Waals surface area (Å²) in [6, 6.07) is 12.2. The molecule has 158 valence electrons. The van der Waals surface area contributed by atoms with E-state index in [-0.39, 0.29) is 35.8 Å². The fraction of sp³-hybridized carbons (Fsp3) is 0.333. The second-order valence-electron chi connectivity index (χ2n) is 6.89. The summed E-state index contributed by atoms with van der Waals surface area (Å²) in [5, 5.41) is 13.7. The molecule has 0 aromatic heterocycles. The minimum absolute atomic E-state index is 0.0763. The minimum atomic E-state index is -0.542. The number of carbonyl (C=O) groups excluding carboxylic acids is 2.